The van der Waals surface area contributed by atoms with E-state index in [1.54, 1.807) is 6.92 Å². The van der Waals surface area contributed by atoms with E-state index in [2.05, 4.69) is 5.32 Å². The molecule has 0 aliphatic rings. The average molecular weight is 167 g/mol. The maximum Gasteiger partial charge on any atom is 0.344 e. The first kappa shape index (κ1) is 10.1. The minimum absolute atomic E-state index is 0.554. The highest BCUT2D eigenvalue weighted by atomic mass is 31.2. The first-order valence-electron chi connectivity index (χ1n) is 3.12. The standard InChI is InChI=1S/C5H14NO3P/c1-4-6-5(2,3)10(7,8)9/h6H,4H2,1-3H3,(H2,7,8,9). The molecule has 0 radical (unpaired) electrons. The minimum Gasteiger partial charge on any atom is -0.323 e. The lowest BCUT2D eigenvalue weighted by molar-refractivity contribution is 0.318. The fraction of sp³-hybridized carbons (Fsp3) is 1.00. The van der Waals surface area contributed by atoms with Crippen LogP contribution in [0.5, 0.6) is 0 Å². The predicted octanol–water partition coefficient (Wildman–Crippen LogP) is 0.510. The summed E-state index contributed by atoms with van der Waals surface area (Å²) in [5, 5.41) is 1.60. The molecule has 0 rings (SSSR count). The third kappa shape index (κ3) is 2.39. The van der Waals surface area contributed by atoms with Gasteiger partial charge in [-0.15, -0.1) is 0 Å². The first-order chi connectivity index (χ1) is 4.31. The van der Waals surface area contributed by atoms with Crippen LogP contribution in [-0.4, -0.2) is 21.6 Å². The molecule has 4 nitrogen and oxygen atoms in total. The molecule has 0 spiro atoms. The Kier molecular flexibility index (Phi) is 3.04. The zero-order chi connectivity index (χ0) is 8.41. The molecule has 5 heteroatoms. The number of nitrogens with one attached hydrogen (secondary N) is 1. The Hall–Kier alpha value is 0.110. The van der Waals surface area contributed by atoms with Gasteiger partial charge in [-0.2, -0.15) is 0 Å². The summed E-state index contributed by atoms with van der Waals surface area (Å²) in [4.78, 5) is 17.5. The Balaban J connectivity index is 4.25. The fourth-order valence-electron chi connectivity index (χ4n) is 0.536. The van der Waals surface area contributed by atoms with Gasteiger partial charge in [0.2, 0.25) is 0 Å². The molecular weight excluding hydrogens is 153 g/mol. The van der Waals surface area contributed by atoms with Crippen LogP contribution in [0, 0.1) is 0 Å². The number of hydrogen-bond acceptors (Lipinski definition) is 2. The summed E-state index contributed by atoms with van der Waals surface area (Å²) in [6, 6.07) is 0. The molecule has 0 aliphatic heterocycles. The first-order valence-corrected chi connectivity index (χ1v) is 4.73. The van der Waals surface area contributed by atoms with Gasteiger partial charge in [0, 0.05) is 0 Å². The molecule has 0 saturated carbocycles. The molecule has 0 fully saturated rings. The quantitative estimate of drug-likeness (QED) is 0.535. The van der Waals surface area contributed by atoms with Gasteiger partial charge in [0.05, 0.1) is 0 Å². The fourth-order valence-corrected chi connectivity index (χ4v) is 0.900. The molecule has 62 valence electrons. The van der Waals surface area contributed by atoms with Crippen LogP contribution in [-0.2, 0) is 4.57 Å². The zero-order valence-corrected chi connectivity index (χ0v) is 7.35. The zero-order valence-electron chi connectivity index (χ0n) is 6.46. The molecule has 0 bridgehead atoms. The van der Waals surface area contributed by atoms with Gasteiger partial charge in [-0.1, -0.05) is 6.92 Å². The van der Waals surface area contributed by atoms with Crippen LogP contribution in [0.3, 0.4) is 0 Å². The van der Waals surface area contributed by atoms with Crippen LogP contribution in [0.2, 0.25) is 0 Å². The van der Waals surface area contributed by atoms with E-state index in [1.807, 2.05) is 0 Å². The largest absolute Gasteiger partial charge is 0.344 e. The third-order valence-electron chi connectivity index (χ3n) is 1.34. The Morgan fingerprint density at radius 3 is 2.00 bits per heavy atom. The van der Waals surface area contributed by atoms with Gasteiger partial charge < -0.3 is 15.1 Å². The molecule has 0 unspecified atom stereocenters. The summed E-state index contributed by atoms with van der Waals surface area (Å²) in [5.74, 6) is 0. The van der Waals surface area contributed by atoms with Crippen LogP contribution in [0.15, 0.2) is 0 Å². The van der Waals surface area contributed by atoms with Gasteiger partial charge in [-0.05, 0) is 20.4 Å². The molecular formula is C5H14NO3P. The smallest absolute Gasteiger partial charge is 0.323 e. The van der Waals surface area contributed by atoms with Crippen molar-refractivity contribution in [2.24, 2.45) is 0 Å². The molecule has 3 N–H and O–H groups in total. The van der Waals surface area contributed by atoms with Crippen molar-refractivity contribution in [3.8, 4) is 0 Å². The normalized spacial score (nSPS) is 13.7. The van der Waals surface area contributed by atoms with Gasteiger partial charge in [0.25, 0.3) is 0 Å². The van der Waals surface area contributed by atoms with Crippen molar-refractivity contribution < 1.29 is 14.4 Å². The Morgan fingerprint density at radius 2 is 1.90 bits per heavy atom. The lowest BCUT2D eigenvalue weighted by Gasteiger charge is -2.26. The van der Waals surface area contributed by atoms with Crippen LogP contribution >= 0.6 is 7.60 Å². The van der Waals surface area contributed by atoms with E-state index in [9.17, 15) is 4.57 Å². The SMILES string of the molecule is CCNC(C)(C)P(=O)(O)O. The molecule has 0 aromatic heterocycles. The van der Waals surface area contributed by atoms with Crippen molar-refractivity contribution in [3.63, 3.8) is 0 Å². The summed E-state index contributed by atoms with van der Waals surface area (Å²) < 4.78 is 10.7. The number of rotatable bonds is 3. The van der Waals surface area contributed by atoms with Crippen LogP contribution in [0.1, 0.15) is 20.8 Å². The van der Waals surface area contributed by atoms with E-state index >= 15 is 0 Å². The summed E-state index contributed by atoms with van der Waals surface area (Å²) in [6.45, 7) is 5.32. The summed E-state index contributed by atoms with van der Waals surface area (Å²) in [5.41, 5.74) is 0. The van der Waals surface area contributed by atoms with Gasteiger partial charge in [0.15, 0.2) is 0 Å². The maximum atomic E-state index is 10.7. The van der Waals surface area contributed by atoms with E-state index in [-0.39, 0.29) is 0 Å². The third-order valence-corrected chi connectivity index (χ3v) is 2.95. The van der Waals surface area contributed by atoms with Crippen molar-refractivity contribution in [3.05, 3.63) is 0 Å². The van der Waals surface area contributed by atoms with E-state index in [1.165, 1.54) is 13.8 Å². The Morgan fingerprint density at radius 1 is 1.50 bits per heavy atom. The highest BCUT2D eigenvalue weighted by molar-refractivity contribution is 7.53. The van der Waals surface area contributed by atoms with Crippen molar-refractivity contribution >= 4 is 7.60 Å². The van der Waals surface area contributed by atoms with Gasteiger partial charge in [0.1, 0.15) is 5.28 Å². The van der Waals surface area contributed by atoms with E-state index in [0.717, 1.165) is 0 Å². The van der Waals surface area contributed by atoms with Crippen LogP contribution in [0.25, 0.3) is 0 Å². The summed E-state index contributed by atoms with van der Waals surface area (Å²) in [6.07, 6.45) is 0. The highest BCUT2D eigenvalue weighted by Crippen LogP contribution is 2.47. The molecule has 10 heavy (non-hydrogen) atoms. The van der Waals surface area contributed by atoms with Crippen molar-refractivity contribution in [1.82, 2.24) is 5.32 Å². The Labute approximate surface area is 60.8 Å². The monoisotopic (exact) mass is 167 g/mol. The maximum absolute atomic E-state index is 10.7. The van der Waals surface area contributed by atoms with E-state index in [0.29, 0.717) is 6.54 Å². The minimum atomic E-state index is -4.00. The molecule has 0 heterocycles. The van der Waals surface area contributed by atoms with E-state index < -0.39 is 12.9 Å². The molecule has 0 amide bonds. The van der Waals surface area contributed by atoms with Gasteiger partial charge in [-0.3, -0.25) is 4.57 Å². The highest BCUT2D eigenvalue weighted by Gasteiger charge is 2.36. The molecule has 0 aromatic rings. The predicted molar refractivity (Wildman–Crippen MR) is 39.8 cm³/mol. The summed E-state index contributed by atoms with van der Waals surface area (Å²) >= 11 is 0. The second-order valence-electron chi connectivity index (χ2n) is 2.63. The summed E-state index contributed by atoms with van der Waals surface area (Å²) in [7, 11) is -4.00. The van der Waals surface area contributed by atoms with Crippen molar-refractivity contribution in [1.29, 1.82) is 0 Å². The lowest BCUT2D eigenvalue weighted by atomic mass is 10.4. The average Bonchev–Trinajstić information content (AvgIpc) is 1.61. The second kappa shape index (κ2) is 3.01. The topological polar surface area (TPSA) is 69.6 Å². The number of hydrogen-bond donors (Lipinski definition) is 3. The van der Waals surface area contributed by atoms with Crippen molar-refractivity contribution in [2.75, 3.05) is 6.54 Å². The van der Waals surface area contributed by atoms with Crippen LogP contribution in [0.4, 0.5) is 0 Å². The van der Waals surface area contributed by atoms with Crippen molar-refractivity contribution in [2.45, 2.75) is 26.1 Å². The van der Waals surface area contributed by atoms with Gasteiger partial charge in [-0.25, -0.2) is 0 Å². The molecule has 0 atom stereocenters. The lowest BCUT2D eigenvalue weighted by Crippen LogP contribution is -2.38. The Bertz CT molecular complexity index is 151. The molecule has 0 aromatic carbocycles. The molecule has 0 aliphatic carbocycles. The van der Waals surface area contributed by atoms with E-state index in [4.69, 9.17) is 9.79 Å². The molecule has 0 saturated heterocycles. The van der Waals surface area contributed by atoms with Crippen LogP contribution < -0.4 is 5.32 Å². The van der Waals surface area contributed by atoms with Gasteiger partial charge >= 0.3 is 7.60 Å². The second-order valence-corrected chi connectivity index (χ2v) is 4.84.